The largest absolute Gasteiger partial charge is 0.368 e. The molecule has 0 radical (unpaired) electrons. The first-order valence-electron chi connectivity index (χ1n) is 7.05. The molecule has 0 unspecified atom stereocenters. The van der Waals surface area contributed by atoms with E-state index in [2.05, 4.69) is 27.3 Å². The Morgan fingerprint density at radius 1 is 1.19 bits per heavy atom. The van der Waals surface area contributed by atoms with E-state index in [1.54, 1.807) is 6.07 Å². The molecule has 0 aromatic heterocycles. The molecular formula is C17H20BrFN2. The van der Waals surface area contributed by atoms with E-state index in [0.717, 1.165) is 22.1 Å². The lowest BCUT2D eigenvalue weighted by Gasteiger charge is -2.23. The van der Waals surface area contributed by atoms with E-state index in [-0.39, 0.29) is 5.82 Å². The second-order valence-corrected chi connectivity index (χ2v) is 5.93. The van der Waals surface area contributed by atoms with Gasteiger partial charge in [0.15, 0.2) is 0 Å². The van der Waals surface area contributed by atoms with Crippen molar-refractivity contribution in [3.05, 3.63) is 63.9 Å². The Morgan fingerprint density at radius 2 is 1.95 bits per heavy atom. The fraction of sp³-hybridized carbons (Fsp3) is 0.294. The molecule has 2 rings (SSSR count). The second-order valence-electron chi connectivity index (χ2n) is 5.01. The summed E-state index contributed by atoms with van der Waals surface area (Å²) in [6.07, 6.45) is 0. The first-order chi connectivity index (χ1) is 10.1. The molecule has 0 fully saturated rings. The number of hydrogen-bond donors (Lipinski definition) is 1. The number of para-hydroxylation sites is 1. The molecule has 0 spiro atoms. The summed E-state index contributed by atoms with van der Waals surface area (Å²) in [6, 6.07) is 13.3. The molecule has 0 saturated heterocycles. The normalized spacial score (nSPS) is 10.7. The third-order valence-corrected chi connectivity index (χ3v) is 3.82. The van der Waals surface area contributed by atoms with E-state index in [1.165, 1.54) is 6.07 Å². The molecule has 112 valence electrons. The van der Waals surface area contributed by atoms with Gasteiger partial charge in [0, 0.05) is 24.6 Å². The quantitative estimate of drug-likeness (QED) is 0.833. The average Bonchev–Trinajstić information content (AvgIpc) is 2.45. The Balaban J connectivity index is 2.23. The Kier molecular flexibility index (Phi) is 5.76. The van der Waals surface area contributed by atoms with Gasteiger partial charge in [-0.25, -0.2) is 4.39 Å². The molecule has 2 aromatic rings. The zero-order valence-electron chi connectivity index (χ0n) is 12.4. The van der Waals surface area contributed by atoms with Crippen LogP contribution in [0, 0.1) is 5.82 Å². The van der Waals surface area contributed by atoms with Crippen molar-refractivity contribution in [3.8, 4) is 0 Å². The first kappa shape index (κ1) is 16.0. The first-order valence-corrected chi connectivity index (χ1v) is 7.84. The van der Waals surface area contributed by atoms with Crippen molar-refractivity contribution in [2.75, 3.05) is 18.5 Å². The van der Waals surface area contributed by atoms with Crippen molar-refractivity contribution in [3.63, 3.8) is 0 Å². The number of benzene rings is 2. The minimum atomic E-state index is -0.178. The average molecular weight is 351 g/mol. The van der Waals surface area contributed by atoms with Crippen molar-refractivity contribution < 1.29 is 4.39 Å². The molecule has 0 heterocycles. The van der Waals surface area contributed by atoms with E-state index >= 15 is 0 Å². The lowest BCUT2D eigenvalue weighted by atomic mass is 10.1. The van der Waals surface area contributed by atoms with Crippen molar-refractivity contribution in [2.45, 2.75) is 20.0 Å². The fourth-order valence-electron chi connectivity index (χ4n) is 2.38. The van der Waals surface area contributed by atoms with Gasteiger partial charge in [-0.1, -0.05) is 47.1 Å². The van der Waals surface area contributed by atoms with Gasteiger partial charge in [-0.15, -0.1) is 0 Å². The SMILES string of the molecule is CCNCc1cccc(F)c1N(C)Cc1cccc(Br)c1. The number of nitrogens with one attached hydrogen (secondary N) is 1. The van der Waals surface area contributed by atoms with Crippen LogP contribution in [0.1, 0.15) is 18.1 Å². The lowest BCUT2D eigenvalue weighted by molar-refractivity contribution is 0.615. The van der Waals surface area contributed by atoms with Gasteiger partial charge >= 0.3 is 0 Å². The van der Waals surface area contributed by atoms with Crippen molar-refractivity contribution in [1.29, 1.82) is 0 Å². The topological polar surface area (TPSA) is 15.3 Å². The summed E-state index contributed by atoms with van der Waals surface area (Å²) >= 11 is 3.47. The molecule has 4 heteroatoms. The number of hydrogen-bond acceptors (Lipinski definition) is 2. The maximum absolute atomic E-state index is 14.2. The van der Waals surface area contributed by atoms with Crippen LogP contribution >= 0.6 is 15.9 Å². The molecule has 0 amide bonds. The van der Waals surface area contributed by atoms with Crippen LogP contribution in [-0.4, -0.2) is 13.6 Å². The molecule has 0 bridgehead atoms. The summed E-state index contributed by atoms with van der Waals surface area (Å²) in [5, 5.41) is 3.26. The molecule has 21 heavy (non-hydrogen) atoms. The van der Waals surface area contributed by atoms with Crippen LogP contribution in [-0.2, 0) is 13.1 Å². The van der Waals surface area contributed by atoms with E-state index < -0.39 is 0 Å². The van der Waals surface area contributed by atoms with E-state index in [0.29, 0.717) is 18.8 Å². The Labute approximate surface area is 134 Å². The van der Waals surface area contributed by atoms with Gasteiger partial charge in [-0.05, 0) is 35.9 Å². The molecule has 0 saturated carbocycles. The van der Waals surface area contributed by atoms with E-state index in [9.17, 15) is 4.39 Å². The van der Waals surface area contributed by atoms with Gasteiger partial charge < -0.3 is 10.2 Å². The minimum Gasteiger partial charge on any atom is -0.368 e. The molecule has 1 N–H and O–H groups in total. The molecule has 0 atom stereocenters. The number of nitrogens with zero attached hydrogens (tertiary/aromatic N) is 1. The third kappa shape index (κ3) is 4.29. The predicted octanol–water partition coefficient (Wildman–Crippen LogP) is 4.33. The Hall–Kier alpha value is -1.39. The Bertz CT molecular complexity index is 601. The van der Waals surface area contributed by atoms with E-state index in [1.807, 2.05) is 43.1 Å². The molecule has 0 aliphatic carbocycles. The van der Waals surface area contributed by atoms with E-state index in [4.69, 9.17) is 0 Å². The zero-order valence-corrected chi connectivity index (χ0v) is 14.0. The minimum absolute atomic E-state index is 0.178. The summed E-state index contributed by atoms with van der Waals surface area (Å²) in [6.45, 7) is 4.25. The highest BCUT2D eigenvalue weighted by Crippen LogP contribution is 2.25. The van der Waals surface area contributed by atoms with Crippen LogP contribution < -0.4 is 10.2 Å². The summed E-state index contributed by atoms with van der Waals surface area (Å²) in [5.74, 6) is -0.178. The molecule has 0 aliphatic heterocycles. The van der Waals surface area contributed by atoms with Gasteiger partial charge in [0.1, 0.15) is 5.82 Å². The van der Waals surface area contributed by atoms with Gasteiger partial charge in [0.05, 0.1) is 5.69 Å². The fourth-order valence-corrected chi connectivity index (χ4v) is 2.82. The van der Waals surface area contributed by atoms with Crippen molar-refractivity contribution >= 4 is 21.6 Å². The van der Waals surface area contributed by atoms with Crippen LogP contribution in [0.3, 0.4) is 0 Å². The zero-order chi connectivity index (χ0) is 15.2. The van der Waals surface area contributed by atoms with Crippen LogP contribution in [0.25, 0.3) is 0 Å². The monoisotopic (exact) mass is 350 g/mol. The Morgan fingerprint density at radius 3 is 2.67 bits per heavy atom. The number of rotatable bonds is 6. The standard InChI is InChI=1S/C17H20BrFN2/c1-3-20-11-14-7-5-9-16(19)17(14)21(2)12-13-6-4-8-15(18)10-13/h4-10,20H,3,11-12H2,1-2H3. The lowest BCUT2D eigenvalue weighted by Crippen LogP contribution is -2.22. The van der Waals surface area contributed by atoms with Crippen molar-refractivity contribution in [1.82, 2.24) is 5.32 Å². The number of anilines is 1. The van der Waals surface area contributed by atoms with Gasteiger partial charge in [0.2, 0.25) is 0 Å². The van der Waals surface area contributed by atoms with Crippen LogP contribution in [0.15, 0.2) is 46.9 Å². The van der Waals surface area contributed by atoms with Crippen LogP contribution in [0.4, 0.5) is 10.1 Å². The van der Waals surface area contributed by atoms with Crippen LogP contribution in [0.2, 0.25) is 0 Å². The highest BCUT2D eigenvalue weighted by Gasteiger charge is 2.13. The summed E-state index contributed by atoms with van der Waals surface area (Å²) in [5.41, 5.74) is 2.79. The second kappa shape index (κ2) is 7.57. The number of halogens is 2. The summed E-state index contributed by atoms with van der Waals surface area (Å²) in [7, 11) is 1.93. The van der Waals surface area contributed by atoms with Crippen molar-refractivity contribution in [2.24, 2.45) is 0 Å². The smallest absolute Gasteiger partial charge is 0.146 e. The highest BCUT2D eigenvalue weighted by molar-refractivity contribution is 9.10. The maximum atomic E-state index is 14.2. The maximum Gasteiger partial charge on any atom is 0.146 e. The molecule has 2 aromatic carbocycles. The molecule has 0 aliphatic rings. The summed E-state index contributed by atoms with van der Waals surface area (Å²) in [4.78, 5) is 1.96. The van der Waals surface area contributed by atoms with Gasteiger partial charge in [-0.2, -0.15) is 0 Å². The summed E-state index contributed by atoms with van der Waals surface area (Å²) < 4.78 is 15.3. The van der Waals surface area contributed by atoms with Crippen LogP contribution in [0.5, 0.6) is 0 Å². The molecule has 2 nitrogen and oxygen atoms in total. The third-order valence-electron chi connectivity index (χ3n) is 3.33. The molecular weight excluding hydrogens is 331 g/mol. The van der Waals surface area contributed by atoms with Gasteiger partial charge in [0.25, 0.3) is 0 Å². The van der Waals surface area contributed by atoms with Gasteiger partial charge in [-0.3, -0.25) is 0 Å². The predicted molar refractivity (Wildman–Crippen MR) is 90.0 cm³/mol. The highest BCUT2D eigenvalue weighted by atomic mass is 79.9.